The number of carbonyl (C=O) groups excluding carboxylic acids is 1. The number of hydrogen-bond donors (Lipinski definition) is 2. The Morgan fingerprint density at radius 1 is 1.53 bits per heavy atom. The summed E-state index contributed by atoms with van der Waals surface area (Å²) in [4.78, 5) is 11.7. The largest absolute Gasteiger partial charge is 0.460 e. The van der Waals surface area contributed by atoms with Gasteiger partial charge in [-0.1, -0.05) is 0 Å². The number of nitrogens with two attached hydrogens (primary N) is 1. The van der Waals surface area contributed by atoms with Crippen LogP contribution in [0.5, 0.6) is 0 Å². The molecule has 0 aromatic carbocycles. The molecule has 5 heteroatoms. The molecule has 0 amide bonds. The second-order valence-corrected chi connectivity index (χ2v) is 4.75. The van der Waals surface area contributed by atoms with E-state index < -0.39 is 29.8 Å². The van der Waals surface area contributed by atoms with Crippen LogP contribution in [0.3, 0.4) is 0 Å². The van der Waals surface area contributed by atoms with Gasteiger partial charge >= 0.3 is 5.97 Å². The van der Waals surface area contributed by atoms with Crippen molar-refractivity contribution in [1.82, 2.24) is 0 Å². The fourth-order valence-electron chi connectivity index (χ4n) is 1.46. The van der Waals surface area contributed by atoms with Gasteiger partial charge in [-0.25, -0.2) is 0 Å². The van der Waals surface area contributed by atoms with Crippen molar-refractivity contribution < 1.29 is 19.4 Å². The summed E-state index contributed by atoms with van der Waals surface area (Å²) in [5.74, 6) is -0.985. The normalized spacial score (nSPS) is 32.5. The predicted molar refractivity (Wildman–Crippen MR) is 53.9 cm³/mol. The van der Waals surface area contributed by atoms with Gasteiger partial charge in [0.25, 0.3) is 0 Å². The fourth-order valence-corrected chi connectivity index (χ4v) is 1.46. The van der Waals surface area contributed by atoms with Crippen molar-refractivity contribution in [3.63, 3.8) is 0 Å². The molecule has 1 heterocycles. The van der Waals surface area contributed by atoms with Gasteiger partial charge in [0, 0.05) is 6.61 Å². The maximum absolute atomic E-state index is 11.7. The molecule has 0 aromatic rings. The number of esters is 1. The lowest BCUT2D eigenvalue weighted by molar-refractivity contribution is -0.176. The van der Waals surface area contributed by atoms with Gasteiger partial charge in [-0.2, -0.15) is 0 Å². The summed E-state index contributed by atoms with van der Waals surface area (Å²) >= 11 is 0. The molecule has 1 fully saturated rings. The highest BCUT2D eigenvalue weighted by atomic mass is 16.6. The van der Waals surface area contributed by atoms with Crippen molar-refractivity contribution in [3.8, 4) is 0 Å². The maximum atomic E-state index is 11.7. The third-order valence-electron chi connectivity index (χ3n) is 2.20. The minimum absolute atomic E-state index is 0.377. The summed E-state index contributed by atoms with van der Waals surface area (Å²) < 4.78 is 10.2. The molecule has 3 atom stereocenters. The first kappa shape index (κ1) is 12.4. The van der Waals surface area contributed by atoms with E-state index in [0.29, 0.717) is 13.0 Å². The van der Waals surface area contributed by atoms with Crippen molar-refractivity contribution in [3.05, 3.63) is 0 Å². The Balaban J connectivity index is 2.59. The molecule has 1 rings (SSSR count). The van der Waals surface area contributed by atoms with E-state index in [1.54, 1.807) is 20.8 Å². The van der Waals surface area contributed by atoms with E-state index >= 15 is 0 Å². The lowest BCUT2D eigenvalue weighted by Crippen LogP contribution is -2.50. The van der Waals surface area contributed by atoms with E-state index in [-0.39, 0.29) is 0 Å². The van der Waals surface area contributed by atoms with Crippen LogP contribution in [0.2, 0.25) is 0 Å². The summed E-state index contributed by atoms with van der Waals surface area (Å²) in [7, 11) is 0. The Labute approximate surface area is 89.5 Å². The molecular weight excluding hydrogens is 198 g/mol. The van der Waals surface area contributed by atoms with Crippen LogP contribution in [0.4, 0.5) is 0 Å². The van der Waals surface area contributed by atoms with Crippen LogP contribution in [0.1, 0.15) is 27.2 Å². The number of aliphatic hydroxyl groups is 1. The van der Waals surface area contributed by atoms with E-state index in [4.69, 9.17) is 15.2 Å². The van der Waals surface area contributed by atoms with E-state index in [0.717, 1.165) is 0 Å². The SMILES string of the molecule is CC(C)(C)OC(=O)C1CCO[C@@H](N)[C@@H]1O. The highest BCUT2D eigenvalue weighted by Gasteiger charge is 2.37. The van der Waals surface area contributed by atoms with Gasteiger partial charge in [-0.15, -0.1) is 0 Å². The van der Waals surface area contributed by atoms with Gasteiger partial charge < -0.3 is 20.3 Å². The maximum Gasteiger partial charge on any atom is 0.312 e. The van der Waals surface area contributed by atoms with Crippen LogP contribution < -0.4 is 5.73 Å². The summed E-state index contributed by atoms with van der Waals surface area (Å²) in [5.41, 5.74) is 4.95. The Kier molecular flexibility index (Phi) is 3.70. The first-order valence-corrected chi connectivity index (χ1v) is 5.09. The first-order valence-electron chi connectivity index (χ1n) is 5.09. The molecule has 15 heavy (non-hydrogen) atoms. The van der Waals surface area contributed by atoms with Gasteiger partial charge in [0.05, 0.1) is 5.92 Å². The van der Waals surface area contributed by atoms with Crippen LogP contribution in [0.25, 0.3) is 0 Å². The molecule has 1 aliphatic heterocycles. The Hall–Kier alpha value is -0.650. The molecule has 3 N–H and O–H groups in total. The second-order valence-electron chi connectivity index (χ2n) is 4.75. The summed E-state index contributed by atoms with van der Waals surface area (Å²) in [6.45, 7) is 5.74. The Morgan fingerprint density at radius 3 is 2.67 bits per heavy atom. The second kappa shape index (κ2) is 4.47. The molecule has 0 aliphatic carbocycles. The average molecular weight is 217 g/mol. The predicted octanol–water partition coefficient (Wildman–Crippen LogP) is 0.0103. The minimum atomic E-state index is -0.978. The zero-order valence-electron chi connectivity index (χ0n) is 9.40. The van der Waals surface area contributed by atoms with Crippen LogP contribution in [0.15, 0.2) is 0 Å². The summed E-state index contributed by atoms with van der Waals surface area (Å²) in [6.07, 6.45) is -1.33. The van der Waals surface area contributed by atoms with Gasteiger partial charge in [0.2, 0.25) is 0 Å². The van der Waals surface area contributed by atoms with Gasteiger partial charge in [0.15, 0.2) is 0 Å². The minimum Gasteiger partial charge on any atom is -0.460 e. The molecule has 1 saturated heterocycles. The van der Waals surface area contributed by atoms with E-state index in [1.165, 1.54) is 0 Å². The third kappa shape index (κ3) is 3.44. The molecular formula is C10H19NO4. The molecule has 88 valence electrons. The molecule has 0 bridgehead atoms. The molecule has 0 aromatic heterocycles. The molecule has 0 saturated carbocycles. The zero-order valence-corrected chi connectivity index (χ0v) is 9.40. The van der Waals surface area contributed by atoms with Crippen LogP contribution in [-0.2, 0) is 14.3 Å². The molecule has 1 aliphatic rings. The monoisotopic (exact) mass is 217 g/mol. The van der Waals surface area contributed by atoms with Gasteiger partial charge in [0.1, 0.15) is 17.9 Å². The Bertz CT molecular complexity index is 236. The topological polar surface area (TPSA) is 81.8 Å². The van der Waals surface area contributed by atoms with Crippen LogP contribution in [-0.4, -0.2) is 35.6 Å². The standard InChI is InChI=1S/C10H19NO4/c1-10(2,3)15-9(13)6-4-5-14-8(11)7(6)12/h6-8,12H,4-5,11H2,1-3H3/t6?,7-,8-/m1/s1. The molecule has 1 unspecified atom stereocenters. The number of aliphatic hydroxyl groups excluding tert-OH is 1. The highest BCUT2D eigenvalue weighted by molar-refractivity contribution is 5.73. The fraction of sp³-hybridized carbons (Fsp3) is 0.900. The van der Waals surface area contributed by atoms with E-state index in [9.17, 15) is 9.90 Å². The number of ether oxygens (including phenoxy) is 2. The quantitative estimate of drug-likeness (QED) is 0.605. The van der Waals surface area contributed by atoms with Crippen molar-refractivity contribution in [2.75, 3.05) is 6.61 Å². The third-order valence-corrected chi connectivity index (χ3v) is 2.20. The lowest BCUT2D eigenvalue weighted by Gasteiger charge is -2.33. The average Bonchev–Trinajstić information content (AvgIpc) is 2.06. The highest BCUT2D eigenvalue weighted by Crippen LogP contribution is 2.22. The van der Waals surface area contributed by atoms with Crippen molar-refractivity contribution in [2.24, 2.45) is 11.7 Å². The van der Waals surface area contributed by atoms with E-state index in [2.05, 4.69) is 0 Å². The van der Waals surface area contributed by atoms with Crippen LogP contribution >= 0.6 is 0 Å². The van der Waals surface area contributed by atoms with Crippen molar-refractivity contribution in [2.45, 2.75) is 45.1 Å². The molecule has 0 spiro atoms. The molecule has 0 radical (unpaired) electrons. The zero-order chi connectivity index (χ0) is 11.6. The summed E-state index contributed by atoms with van der Waals surface area (Å²) in [5, 5.41) is 9.65. The number of hydrogen-bond acceptors (Lipinski definition) is 5. The van der Waals surface area contributed by atoms with E-state index in [1.807, 2.05) is 0 Å². The smallest absolute Gasteiger partial charge is 0.312 e. The van der Waals surface area contributed by atoms with Crippen molar-refractivity contribution >= 4 is 5.97 Å². The lowest BCUT2D eigenvalue weighted by atomic mass is 9.95. The summed E-state index contributed by atoms with van der Waals surface area (Å²) in [6, 6.07) is 0. The van der Waals surface area contributed by atoms with Crippen LogP contribution in [0, 0.1) is 5.92 Å². The Morgan fingerprint density at radius 2 is 2.13 bits per heavy atom. The van der Waals surface area contributed by atoms with Gasteiger partial charge in [-0.05, 0) is 27.2 Å². The number of rotatable bonds is 1. The van der Waals surface area contributed by atoms with Gasteiger partial charge in [-0.3, -0.25) is 4.79 Å². The molecule has 5 nitrogen and oxygen atoms in total. The number of carbonyl (C=O) groups is 1. The first-order chi connectivity index (χ1) is 6.81. The van der Waals surface area contributed by atoms with Crippen molar-refractivity contribution in [1.29, 1.82) is 0 Å².